The molecule has 0 fully saturated rings. The Hall–Kier alpha value is -3.02. The number of nitro benzene ring substituents is 1. The van der Waals surface area contributed by atoms with E-state index in [9.17, 15) is 10.1 Å². The molecule has 0 radical (unpaired) electrons. The molecule has 0 atom stereocenters. The first kappa shape index (κ1) is 14.9. The molecule has 6 heteroatoms. The number of pyridine rings is 1. The van der Waals surface area contributed by atoms with Gasteiger partial charge in [0.15, 0.2) is 0 Å². The molecule has 0 bridgehead atoms. The van der Waals surface area contributed by atoms with Crippen molar-refractivity contribution in [3.05, 3.63) is 64.6 Å². The van der Waals surface area contributed by atoms with Gasteiger partial charge in [0.1, 0.15) is 5.82 Å². The van der Waals surface area contributed by atoms with E-state index in [1.807, 2.05) is 12.1 Å². The molecule has 3 rings (SSSR count). The second-order valence-electron chi connectivity index (χ2n) is 5.18. The second kappa shape index (κ2) is 6.39. The van der Waals surface area contributed by atoms with Gasteiger partial charge in [-0.3, -0.25) is 15.1 Å². The van der Waals surface area contributed by atoms with E-state index in [2.05, 4.69) is 21.9 Å². The zero-order chi connectivity index (χ0) is 16.2. The summed E-state index contributed by atoms with van der Waals surface area (Å²) < 4.78 is 0. The van der Waals surface area contributed by atoms with Gasteiger partial charge in [-0.2, -0.15) is 0 Å². The lowest BCUT2D eigenvalue weighted by Gasteiger charge is -1.99. The summed E-state index contributed by atoms with van der Waals surface area (Å²) in [6.45, 7) is 2.08. The van der Waals surface area contributed by atoms with Crippen LogP contribution in [0.1, 0.15) is 19.0 Å². The van der Waals surface area contributed by atoms with Crippen molar-refractivity contribution in [1.82, 2.24) is 15.0 Å². The largest absolute Gasteiger partial charge is 0.341 e. The third-order valence-corrected chi connectivity index (χ3v) is 3.57. The fourth-order valence-corrected chi connectivity index (χ4v) is 2.54. The van der Waals surface area contributed by atoms with Gasteiger partial charge in [-0.15, -0.1) is 0 Å². The number of aromatic amines is 1. The minimum Gasteiger partial charge on any atom is -0.341 e. The number of aryl methyl sites for hydroxylation is 1. The molecular weight excluding hydrogens is 292 g/mol. The lowest BCUT2D eigenvalue weighted by atomic mass is 10.1. The van der Waals surface area contributed by atoms with Gasteiger partial charge < -0.3 is 4.98 Å². The lowest BCUT2D eigenvalue weighted by Crippen LogP contribution is -1.92. The van der Waals surface area contributed by atoms with Crippen LogP contribution in [0.5, 0.6) is 0 Å². The molecule has 0 aliphatic rings. The Labute approximate surface area is 133 Å². The standard InChI is InChI=1S/C17H16N4O2/c1-2-6-14-16(12-7-5-10-18-11-12)20-17(19-14)13-8-3-4-9-15(13)21(22)23/h3-5,7-11H,2,6H2,1H3,(H,19,20). The number of nitrogens with one attached hydrogen (secondary N) is 1. The van der Waals surface area contributed by atoms with Crippen molar-refractivity contribution in [2.75, 3.05) is 0 Å². The normalized spacial score (nSPS) is 10.7. The quantitative estimate of drug-likeness (QED) is 0.570. The highest BCUT2D eigenvalue weighted by Crippen LogP contribution is 2.31. The smallest absolute Gasteiger partial charge is 0.280 e. The summed E-state index contributed by atoms with van der Waals surface area (Å²) in [5.41, 5.74) is 3.20. The van der Waals surface area contributed by atoms with Crippen molar-refractivity contribution in [1.29, 1.82) is 0 Å². The van der Waals surface area contributed by atoms with Crippen LogP contribution in [0.25, 0.3) is 22.6 Å². The summed E-state index contributed by atoms with van der Waals surface area (Å²) in [6.07, 6.45) is 5.22. The highest BCUT2D eigenvalue weighted by Gasteiger charge is 2.19. The molecule has 1 N–H and O–H groups in total. The Kier molecular flexibility index (Phi) is 4.14. The molecule has 2 aromatic heterocycles. The number of nitro groups is 1. The van der Waals surface area contributed by atoms with Crippen LogP contribution in [0.4, 0.5) is 5.69 Å². The minimum atomic E-state index is -0.388. The van der Waals surface area contributed by atoms with Crippen LogP contribution in [-0.2, 0) is 6.42 Å². The third-order valence-electron chi connectivity index (χ3n) is 3.57. The SMILES string of the molecule is CCCc1[nH]c(-c2ccccc2[N+](=O)[O-])nc1-c1cccnc1. The lowest BCUT2D eigenvalue weighted by molar-refractivity contribution is -0.384. The molecule has 0 saturated carbocycles. The molecule has 1 aromatic carbocycles. The van der Waals surface area contributed by atoms with Crippen LogP contribution < -0.4 is 0 Å². The van der Waals surface area contributed by atoms with Crippen molar-refractivity contribution in [2.24, 2.45) is 0 Å². The third kappa shape index (κ3) is 2.96. The summed E-state index contributed by atoms with van der Waals surface area (Å²) in [6, 6.07) is 10.4. The van der Waals surface area contributed by atoms with Crippen molar-refractivity contribution in [2.45, 2.75) is 19.8 Å². The summed E-state index contributed by atoms with van der Waals surface area (Å²) in [5, 5.41) is 11.2. The molecule has 0 unspecified atom stereocenters. The van der Waals surface area contributed by atoms with E-state index in [0.717, 1.165) is 29.8 Å². The van der Waals surface area contributed by atoms with E-state index < -0.39 is 0 Å². The van der Waals surface area contributed by atoms with Crippen LogP contribution in [-0.4, -0.2) is 19.9 Å². The maximum atomic E-state index is 11.2. The zero-order valence-corrected chi connectivity index (χ0v) is 12.7. The number of hydrogen-bond acceptors (Lipinski definition) is 4. The van der Waals surface area contributed by atoms with Crippen LogP contribution >= 0.6 is 0 Å². The zero-order valence-electron chi connectivity index (χ0n) is 12.7. The molecule has 3 aromatic rings. The van der Waals surface area contributed by atoms with Crippen LogP contribution in [0.2, 0.25) is 0 Å². The molecule has 0 aliphatic carbocycles. The van der Waals surface area contributed by atoms with Crippen LogP contribution in [0.3, 0.4) is 0 Å². The Bertz CT molecular complexity index is 828. The first-order valence-corrected chi connectivity index (χ1v) is 7.43. The van der Waals surface area contributed by atoms with E-state index >= 15 is 0 Å². The minimum absolute atomic E-state index is 0.0436. The maximum Gasteiger partial charge on any atom is 0.280 e. The van der Waals surface area contributed by atoms with Crippen molar-refractivity contribution in [3.8, 4) is 22.6 Å². The fraction of sp³-hybridized carbons (Fsp3) is 0.176. The van der Waals surface area contributed by atoms with Gasteiger partial charge >= 0.3 is 0 Å². The molecule has 23 heavy (non-hydrogen) atoms. The first-order chi connectivity index (χ1) is 11.2. The fourth-order valence-electron chi connectivity index (χ4n) is 2.54. The first-order valence-electron chi connectivity index (χ1n) is 7.43. The van der Waals surface area contributed by atoms with Gasteiger partial charge in [-0.1, -0.05) is 25.5 Å². The monoisotopic (exact) mass is 308 g/mol. The van der Waals surface area contributed by atoms with E-state index in [1.54, 1.807) is 30.6 Å². The average molecular weight is 308 g/mol. The molecule has 6 nitrogen and oxygen atoms in total. The number of benzene rings is 1. The molecule has 2 heterocycles. The average Bonchev–Trinajstić information content (AvgIpc) is 3.00. The number of hydrogen-bond donors (Lipinski definition) is 1. The number of para-hydroxylation sites is 1. The number of rotatable bonds is 5. The number of nitrogens with zero attached hydrogens (tertiary/aromatic N) is 3. The molecule has 116 valence electrons. The molecule has 0 spiro atoms. The van der Waals surface area contributed by atoms with E-state index in [1.165, 1.54) is 6.07 Å². The van der Waals surface area contributed by atoms with Gasteiger partial charge in [-0.25, -0.2) is 4.98 Å². The van der Waals surface area contributed by atoms with Crippen LogP contribution in [0.15, 0.2) is 48.8 Å². The van der Waals surface area contributed by atoms with Gasteiger partial charge in [0.25, 0.3) is 5.69 Å². The van der Waals surface area contributed by atoms with Gasteiger partial charge in [-0.05, 0) is 24.6 Å². The molecule has 0 saturated heterocycles. The second-order valence-corrected chi connectivity index (χ2v) is 5.18. The Morgan fingerprint density at radius 1 is 1.22 bits per heavy atom. The van der Waals surface area contributed by atoms with E-state index in [4.69, 9.17) is 0 Å². The summed E-state index contributed by atoms with van der Waals surface area (Å²) in [4.78, 5) is 22.8. The number of H-pyrrole nitrogens is 1. The van der Waals surface area contributed by atoms with Crippen molar-refractivity contribution >= 4 is 5.69 Å². The number of imidazole rings is 1. The summed E-state index contributed by atoms with van der Waals surface area (Å²) in [5.74, 6) is 0.514. The van der Waals surface area contributed by atoms with Crippen molar-refractivity contribution in [3.63, 3.8) is 0 Å². The Balaban J connectivity index is 2.14. The predicted molar refractivity (Wildman–Crippen MR) is 87.9 cm³/mol. The predicted octanol–water partition coefficient (Wildman–Crippen LogP) is 4.00. The topological polar surface area (TPSA) is 84.7 Å². The van der Waals surface area contributed by atoms with Gasteiger partial charge in [0.05, 0.1) is 16.2 Å². The van der Waals surface area contributed by atoms with E-state index in [0.29, 0.717) is 11.4 Å². The molecule has 0 aliphatic heterocycles. The van der Waals surface area contributed by atoms with Crippen molar-refractivity contribution < 1.29 is 4.92 Å². The van der Waals surface area contributed by atoms with E-state index in [-0.39, 0.29) is 10.6 Å². The van der Waals surface area contributed by atoms with Crippen LogP contribution in [0, 0.1) is 10.1 Å². The van der Waals surface area contributed by atoms with Gasteiger partial charge in [0.2, 0.25) is 0 Å². The van der Waals surface area contributed by atoms with Gasteiger partial charge in [0, 0.05) is 29.7 Å². The Morgan fingerprint density at radius 2 is 2.04 bits per heavy atom. The maximum absolute atomic E-state index is 11.2. The molecule has 0 amide bonds. The highest BCUT2D eigenvalue weighted by molar-refractivity contribution is 5.72. The highest BCUT2D eigenvalue weighted by atomic mass is 16.6. The molecular formula is C17H16N4O2. The summed E-state index contributed by atoms with van der Waals surface area (Å²) in [7, 11) is 0. The number of aromatic nitrogens is 3. The Morgan fingerprint density at radius 3 is 2.74 bits per heavy atom. The summed E-state index contributed by atoms with van der Waals surface area (Å²) >= 11 is 0.